The summed E-state index contributed by atoms with van der Waals surface area (Å²) in [5.41, 5.74) is 0.922. The van der Waals surface area contributed by atoms with Crippen molar-refractivity contribution < 1.29 is 27.9 Å². The van der Waals surface area contributed by atoms with Crippen molar-refractivity contribution in [2.24, 2.45) is 11.8 Å². The van der Waals surface area contributed by atoms with E-state index in [0.717, 1.165) is 5.56 Å². The molecule has 24 heavy (non-hydrogen) atoms. The van der Waals surface area contributed by atoms with Crippen LogP contribution >= 0.6 is 0 Å². The quantitative estimate of drug-likeness (QED) is 0.861. The van der Waals surface area contributed by atoms with Crippen molar-refractivity contribution in [3.05, 3.63) is 35.4 Å². The van der Waals surface area contributed by atoms with Crippen molar-refractivity contribution in [1.82, 2.24) is 5.32 Å². The van der Waals surface area contributed by atoms with Crippen LogP contribution in [0.3, 0.4) is 0 Å². The van der Waals surface area contributed by atoms with E-state index in [0.29, 0.717) is 19.3 Å². The lowest BCUT2D eigenvalue weighted by molar-refractivity contribution is -0.186. The molecule has 2 unspecified atom stereocenters. The summed E-state index contributed by atoms with van der Waals surface area (Å²) in [6.07, 6.45) is -2.98. The smallest absolute Gasteiger partial charge is 0.391 e. The maximum absolute atomic E-state index is 12.8. The van der Waals surface area contributed by atoms with Gasteiger partial charge in [0.05, 0.1) is 11.5 Å². The van der Waals surface area contributed by atoms with Crippen LogP contribution in [0.1, 0.15) is 41.6 Å². The van der Waals surface area contributed by atoms with Crippen LogP contribution in [0.5, 0.6) is 0 Å². The summed E-state index contributed by atoms with van der Waals surface area (Å²) in [6, 6.07) is 6.37. The Bertz CT molecular complexity index is 601. The number of carboxylic acids is 1. The molecule has 1 aliphatic rings. The Kier molecular flexibility index (Phi) is 5.85. The highest BCUT2D eigenvalue weighted by Crippen LogP contribution is 2.39. The van der Waals surface area contributed by atoms with E-state index in [9.17, 15) is 22.8 Å². The molecule has 0 saturated heterocycles. The number of hydrogen-bond donors (Lipinski definition) is 2. The highest BCUT2D eigenvalue weighted by molar-refractivity contribution is 5.87. The zero-order valence-corrected chi connectivity index (χ0v) is 13.1. The van der Waals surface area contributed by atoms with Gasteiger partial charge in [-0.15, -0.1) is 0 Å². The van der Waals surface area contributed by atoms with E-state index in [1.165, 1.54) is 12.1 Å². The van der Waals surface area contributed by atoms with Crippen LogP contribution in [-0.4, -0.2) is 29.7 Å². The zero-order valence-electron chi connectivity index (χ0n) is 13.1. The van der Waals surface area contributed by atoms with E-state index in [-0.39, 0.29) is 30.9 Å². The number of aromatic carboxylic acids is 1. The van der Waals surface area contributed by atoms with E-state index in [1.54, 1.807) is 12.1 Å². The van der Waals surface area contributed by atoms with E-state index < -0.39 is 24.0 Å². The molecule has 2 atom stereocenters. The normalized spacial score (nSPS) is 21.3. The number of carbonyl (C=O) groups is 2. The van der Waals surface area contributed by atoms with Crippen LogP contribution in [0, 0.1) is 11.8 Å². The lowest BCUT2D eigenvalue weighted by Gasteiger charge is -2.29. The first-order chi connectivity index (χ1) is 11.3. The van der Waals surface area contributed by atoms with Gasteiger partial charge in [0.15, 0.2) is 0 Å². The van der Waals surface area contributed by atoms with Crippen LogP contribution in [0.4, 0.5) is 13.2 Å². The minimum atomic E-state index is -4.24. The number of halogens is 3. The second-order valence-corrected chi connectivity index (χ2v) is 6.15. The molecular formula is C17H20F3NO3. The van der Waals surface area contributed by atoms with Gasteiger partial charge in [-0.25, -0.2) is 4.79 Å². The van der Waals surface area contributed by atoms with Crippen molar-refractivity contribution in [1.29, 1.82) is 0 Å². The first-order valence-corrected chi connectivity index (χ1v) is 7.94. The molecule has 4 nitrogen and oxygen atoms in total. The summed E-state index contributed by atoms with van der Waals surface area (Å²) in [4.78, 5) is 23.0. The lowest BCUT2D eigenvalue weighted by atomic mass is 9.80. The molecule has 0 spiro atoms. The van der Waals surface area contributed by atoms with Gasteiger partial charge in [0.2, 0.25) is 5.91 Å². The highest BCUT2D eigenvalue weighted by atomic mass is 19.4. The summed E-state index contributed by atoms with van der Waals surface area (Å²) in [7, 11) is 0. The summed E-state index contributed by atoms with van der Waals surface area (Å²) in [6.45, 7) is 0.273. The molecule has 7 heteroatoms. The fourth-order valence-corrected chi connectivity index (χ4v) is 3.06. The van der Waals surface area contributed by atoms with Gasteiger partial charge in [-0.05, 0) is 43.4 Å². The maximum Gasteiger partial charge on any atom is 0.391 e. The Morgan fingerprint density at radius 1 is 1.25 bits per heavy atom. The Morgan fingerprint density at radius 3 is 2.67 bits per heavy atom. The second kappa shape index (κ2) is 7.68. The second-order valence-electron chi connectivity index (χ2n) is 6.15. The van der Waals surface area contributed by atoms with Gasteiger partial charge in [0, 0.05) is 12.5 Å². The number of alkyl halides is 3. The number of carbonyl (C=O) groups excluding carboxylic acids is 1. The monoisotopic (exact) mass is 343 g/mol. The molecule has 2 N–H and O–H groups in total. The predicted octanol–water partition coefficient (Wildman–Crippen LogP) is 3.41. The molecule has 1 aromatic carbocycles. The van der Waals surface area contributed by atoms with Gasteiger partial charge in [-0.1, -0.05) is 18.6 Å². The van der Waals surface area contributed by atoms with E-state index in [1.807, 2.05) is 0 Å². The molecule has 132 valence electrons. The van der Waals surface area contributed by atoms with Crippen LogP contribution in [-0.2, 0) is 11.2 Å². The Morgan fingerprint density at radius 2 is 2.00 bits per heavy atom. The number of rotatable bonds is 5. The molecule has 1 fully saturated rings. The molecule has 0 bridgehead atoms. The Balaban J connectivity index is 1.83. The summed E-state index contributed by atoms with van der Waals surface area (Å²) in [5, 5.41) is 11.6. The molecule has 1 saturated carbocycles. The van der Waals surface area contributed by atoms with Crippen LogP contribution < -0.4 is 5.32 Å². The summed E-state index contributed by atoms with van der Waals surface area (Å²) >= 11 is 0. The predicted molar refractivity (Wildman–Crippen MR) is 81.6 cm³/mol. The first kappa shape index (κ1) is 18.3. The van der Waals surface area contributed by atoms with Gasteiger partial charge in [0.25, 0.3) is 0 Å². The topological polar surface area (TPSA) is 66.4 Å². The summed E-state index contributed by atoms with van der Waals surface area (Å²) < 4.78 is 38.3. The Labute approximate surface area is 138 Å². The molecule has 1 amide bonds. The van der Waals surface area contributed by atoms with E-state index >= 15 is 0 Å². The fourth-order valence-electron chi connectivity index (χ4n) is 3.06. The fraction of sp³-hybridized carbons (Fsp3) is 0.529. The largest absolute Gasteiger partial charge is 0.478 e. The van der Waals surface area contributed by atoms with Crippen LogP contribution in [0.2, 0.25) is 0 Å². The van der Waals surface area contributed by atoms with Crippen LogP contribution in [0.15, 0.2) is 24.3 Å². The van der Waals surface area contributed by atoms with Crippen molar-refractivity contribution >= 4 is 11.9 Å². The number of amides is 1. The maximum atomic E-state index is 12.8. The van der Waals surface area contributed by atoms with Gasteiger partial charge in [-0.3, -0.25) is 4.79 Å². The minimum absolute atomic E-state index is 0.0925. The first-order valence-electron chi connectivity index (χ1n) is 7.94. The average molecular weight is 343 g/mol. The summed E-state index contributed by atoms with van der Waals surface area (Å²) in [5.74, 6) is -3.37. The van der Waals surface area contributed by atoms with Gasteiger partial charge in [0.1, 0.15) is 0 Å². The molecule has 0 radical (unpaired) electrons. The lowest BCUT2D eigenvalue weighted by Crippen LogP contribution is -2.38. The third-order valence-corrected chi connectivity index (χ3v) is 4.39. The van der Waals surface area contributed by atoms with Crippen molar-refractivity contribution in [3.8, 4) is 0 Å². The van der Waals surface area contributed by atoms with Crippen molar-refractivity contribution in [3.63, 3.8) is 0 Å². The third kappa shape index (κ3) is 4.97. The molecule has 1 aliphatic carbocycles. The van der Waals surface area contributed by atoms with E-state index in [4.69, 9.17) is 5.11 Å². The molecule has 1 aromatic rings. The van der Waals surface area contributed by atoms with Gasteiger partial charge < -0.3 is 10.4 Å². The van der Waals surface area contributed by atoms with E-state index in [2.05, 4.69) is 5.32 Å². The molecule has 2 rings (SSSR count). The van der Waals surface area contributed by atoms with Crippen molar-refractivity contribution in [2.75, 3.05) is 6.54 Å². The third-order valence-electron chi connectivity index (χ3n) is 4.39. The average Bonchev–Trinajstić information content (AvgIpc) is 2.54. The molecular weight excluding hydrogens is 323 g/mol. The van der Waals surface area contributed by atoms with Crippen molar-refractivity contribution in [2.45, 2.75) is 38.3 Å². The number of carboxylic acid groups (broad SMARTS) is 1. The van der Waals surface area contributed by atoms with Gasteiger partial charge >= 0.3 is 12.1 Å². The number of benzene rings is 1. The number of hydrogen-bond acceptors (Lipinski definition) is 2. The Hall–Kier alpha value is -2.05. The molecule has 0 aromatic heterocycles. The van der Waals surface area contributed by atoms with Crippen LogP contribution in [0.25, 0.3) is 0 Å². The highest BCUT2D eigenvalue weighted by Gasteiger charge is 2.43. The molecule has 0 heterocycles. The zero-order chi connectivity index (χ0) is 17.7. The molecule has 0 aliphatic heterocycles. The van der Waals surface area contributed by atoms with Gasteiger partial charge in [-0.2, -0.15) is 13.2 Å². The SMILES string of the molecule is O=C(O)c1cccc(CCNC(=O)C2CCCC(C(F)(F)F)C2)c1. The minimum Gasteiger partial charge on any atom is -0.478 e. The number of nitrogens with one attached hydrogen (secondary N) is 1. The standard InChI is InChI=1S/C17H20F3NO3/c18-17(19,20)14-6-2-4-12(10-14)15(22)21-8-7-11-3-1-5-13(9-11)16(23)24/h1,3,5,9,12,14H,2,4,6-8,10H2,(H,21,22)(H,23,24).